The molecule has 2 N–H and O–H groups in total. The maximum absolute atomic E-state index is 12.5. The summed E-state index contributed by atoms with van der Waals surface area (Å²) in [7, 11) is 1.32. The van der Waals surface area contributed by atoms with E-state index < -0.39 is 11.5 Å². The van der Waals surface area contributed by atoms with E-state index in [4.69, 9.17) is 5.73 Å². The number of nitrogens with zero attached hydrogens (tertiary/aromatic N) is 1. The van der Waals surface area contributed by atoms with E-state index in [-0.39, 0.29) is 18.5 Å². The molecule has 0 aromatic rings. The van der Waals surface area contributed by atoms with Crippen LogP contribution >= 0.6 is 0 Å². The molecule has 1 saturated carbocycles. The van der Waals surface area contributed by atoms with Crippen molar-refractivity contribution in [1.82, 2.24) is 4.90 Å². The molecule has 0 heterocycles. The molecule has 0 unspecified atom stereocenters. The normalized spacial score (nSPS) is 18.5. The smallest absolute Gasteiger partial charge is 0.325 e. The Balaban J connectivity index is 2.78. The monoisotopic (exact) mass is 256 g/mol. The molecule has 1 aliphatic rings. The molecule has 0 radical (unpaired) electrons. The molecule has 1 amide bonds. The zero-order valence-corrected chi connectivity index (χ0v) is 11.6. The summed E-state index contributed by atoms with van der Waals surface area (Å²) in [6.45, 7) is 3.74. The molecule has 104 valence electrons. The second-order valence-electron chi connectivity index (χ2n) is 5.32. The number of rotatable bonds is 4. The van der Waals surface area contributed by atoms with Crippen molar-refractivity contribution in [2.45, 2.75) is 57.5 Å². The van der Waals surface area contributed by atoms with Crippen LogP contribution in [0.2, 0.25) is 0 Å². The zero-order valence-electron chi connectivity index (χ0n) is 11.6. The van der Waals surface area contributed by atoms with Crippen molar-refractivity contribution in [3.63, 3.8) is 0 Å². The Labute approximate surface area is 109 Å². The number of hydrogen-bond donors (Lipinski definition) is 1. The minimum atomic E-state index is -0.795. The van der Waals surface area contributed by atoms with E-state index in [1.165, 1.54) is 12.0 Å². The summed E-state index contributed by atoms with van der Waals surface area (Å²) in [5.74, 6) is -0.529. The average molecular weight is 256 g/mol. The van der Waals surface area contributed by atoms with Crippen molar-refractivity contribution >= 4 is 11.9 Å². The number of methoxy groups -OCH3 is 1. The van der Waals surface area contributed by atoms with Crippen LogP contribution in [0.5, 0.6) is 0 Å². The van der Waals surface area contributed by atoms with Crippen molar-refractivity contribution in [2.75, 3.05) is 13.7 Å². The average Bonchev–Trinajstić information content (AvgIpc) is 2.35. The van der Waals surface area contributed by atoms with Crippen molar-refractivity contribution in [2.24, 2.45) is 5.73 Å². The van der Waals surface area contributed by atoms with E-state index in [0.29, 0.717) is 12.8 Å². The molecule has 1 fully saturated rings. The van der Waals surface area contributed by atoms with Gasteiger partial charge in [0.1, 0.15) is 6.54 Å². The van der Waals surface area contributed by atoms with Crippen LogP contribution in [-0.4, -0.2) is 42.0 Å². The van der Waals surface area contributed by atoms with Gasteiger partial charge >= 0.3 is 5.97 Å². The minimum Gasteiger partial charge on any atom is -0.468 e. The quantitative estimate of drug-likeness (QED) is 0.763. The van der Waals surface area contributed by atoms with Gasteiger partial charge in [-0.25, -0.2) is 0 Å². The molecule has 5 nitrogen and oxygen atoms in total. The van der Waals surface area contributed by atoms with E-state index in [9.17, 15) is 9.59 Å². The summed E-state index contributed by atoms with van der Waals surface area (Å²) >= 11 is 0. The van der Waals surface area contributed by atoms with E-state index in [2.05, 4.69) is 4.74 Å². The Morgan fingerprint density at radius 1 is 1.28 bits per heavy atom. The maximum Gasteiger partial charge on any atom is 0.325 e. The summed E-state index contributed by atoms with van der Waals surface area (Å²) in [6, 6.07) is -0.0565. The molecule has 0 aliphatic heterocycles. The zero-order chi connectivity index (χ0) is 13.8. The van der Waals surface area contributed by atoms with E-state index in [1.807, 2.05) is 13.8 Å². The SMILES string of the molecule is COC(=O)CN(C(=O)C1(N)CCCCC1)C(C)C. The molecule has 0 spiro atoms. The molecule has 0 saturated heterocycles. The Morgan fingerprint density at radius 2 is 1.83 bits per heavy atom. The van der Waals surface area contributed by atoms with Gasteiger partial charge in [0.05, 0.1) is 12.6 Å². The van der Waals surface area contributed by atoms with Gasteiger partial charge in [-0.15, -0.1) is 0 Å². The van der Waals surface area contributed by atoms with Gasteiger partial charge in [-0.1, -0.05) is 19.3 Å². The first-order valence-electron chi connectivity index (χ1n) is 6.57. The second-order valence-corrected chi connectivity index (χ2v) is 5.32. The van der Waals surface area contributed by atoms with Crippen LogP contribution in [0.1, 0.15) is 46.0 Å². The first-order chi connectivity index (χ1) is 8.40. The van der Waals surface area contributed by atoms with Crippen molar-refractivity contribution in [3.05, 3.63) is 0 Å². The van der Waals surface area contributed by atoms with Gasteiger partial charge < -0.3 is 15.4 Å². The molecule has 0 aromatic carbocycles. The van der Waals surface area contributed by atoms with Crippen LogP contribution in [0.25, 0.3) is 0 Å². The summed E-state index contributed by atoms with van der Waals surface area (Å²) in [4.78, 5) is 25.4. The number of carbonyl (C=O) groups excluding carboxylic acids is 2. The van der Waals surface area contributed by atoms with E-state index in [1.54, 1.807) is 0 Å². The number of nitrogens with two attached hydrogens (primary N) is 1. The van der Waals surface area contributed by atoms with Crippen LogP contribution in [-0.2, 0) is 14.3 Å². The van der Waals surface area contributed by atoms with Crippen molar-refractivity contribution < 1.29 is 14.3 Å². The third-order valence-corrected chi connectivity index (χ3v) is 3.58. The first-order valence-corrected chi connectivity index (χ1v) is 6.57. The lowest BCUT2D eigenvalue weighted by molar-refractivity contribution is -0.151. The molecular formula is C13H24N2O3. The highest BCUT2D eigenvalue weighted by Gasteiger charge is 2.39. The number of amides is 1. The van der Waals surface area contributed by atoms with Crippen LogP contribution in [0.15, 0.2) is 0 Å². The van der Waals surface area contributed by atoms with E-state index >= 15 is 0 Å². The van der Waals surface area contributed by atoms with Gasteiger partial charge in [0.2, 0.25) is 5.91 Å². The van der Waals surface area contributed by atoms with Crippen molar-refractivity contribution in [3.8, 4) is 0 Å². The summed E-state index contributed by atoms with van der Waals surface area (Å²) in [5, 5.41) is 0. The lowest BCUT2D eigenvalue weighted by Crippen LogP contribution is -2.58. The van der Waals surface area contributed by atoms with Gasteiger partial charge in [-0.2, -0.15) is 0 Å². The lowest BCUT2D eigenvalue weighted by atomic mass is 9.81. The van der Waals surface area contributed by atoms with Crippen LogP contribution in [0, 0.1) is 0 Å². The standard InChI is InChI=1S/C13H24N2O3/c1-10(2)15(9-11(16)18-3)12(17)13(14)7-5-4-6-8-13/h10H,4-9,14H2,1-3H3. The van der Waals surface area contributed by atoms with Gasteiger partial charge in [0.25, 0.3) is 0 Å². The molecule has 0 bridgehead atoms. The fourth-order valence-electron chi connectivity index (χ4n) is 2.38. The predicted octanol–water partition coefficient (Wildman–Crippen LogP) is 1.06. The molecule has 5 heteroatoms. The van der Waals surface area contributed by atoms with Crippen molar-refractivity contribution in [1.29, 1.82) is 0 Å². The van der Waals surface area contributed by atoms with E-state index in [0.717, 1.165) is 19.3 Å². The van der Waals surface area contributed by atoms with Gasteiger partial charge in [0.15, 0.2) is 0 Å². The molecule has 1 aliphatic carbocycles. The highest BCUT2D eigenvalue weighted by atomic mass is 16.5. The highest BCUT2D eigenvalue weighted by molar-refractivity contribution is 5.89. The largest absolute Gasteiger partial charge is 0.468 e. The predicted molar refractivity (Wildman–Crippen MR) is 68.9 cm³/mol. The molecule has 18 heavy (non-hydrogen) atoms. The maximum atomic E-state index is 12.5. The molecular weight excluding hydrogens is 232 g/mol. The van der Waals surface area contributed by atoms with Crippen LogP contribution < -0.4 is 5.73 Å². The van der Waals surface area contributed by atoms with Crippen LogP contribution in [0.3, 0.4) is 0 Å². The summed E-state index contributed by atoms with van der Waals surface area (Å²) < 4.78 is 4.63. The topological polar surface area (TPSA) is 72.6 Å². The summed E-state index contributed by atoms with van der Waals surface area (Å²) in [6.07, 6.45) is 4.50. The Kier molecular flexibility index (Phi) is 5.14. The fraction of sp³-hybridized carbons (Fsp3) is 0.846. The number of carbonyl (C=O) groups is 2. The molecule has 1 rings (SSSR count). The summed E-state index contributed by atoms with van der Waals surface area (Å²) in [5.41, 5.74) is 5.42. The Morgan fingerprint density at radius 3 is 2.28 bits per heavy atom. The first kappa shape index (κ1) is 15.0. The van der Waals surface area contributed by atoms with Crippen LogP contribution in [0.4, 0.5) is 0 Å². The highest BCUT2D eigenvalue weighted by Crippen LogP contribution is 2.28. The molecule has 0 aromatic heterocycles. The second kappa shape index (κ2) is 6.18. The number of hydrogen-bond acceptors (Lipinski definition) is 4. The fourth-order valence-corrected chi connectivity index (χ4v) is 2.38. The third kappa shape index (κ3) is 3.45. The third-order valence-electron chi connectivity index (χ3n) is 3.58. The Bertz CT molecular complexity index is 309. The number of ether oxygens (including phenoxy) is 1. The minimum absolute atomic E-state index is 0.0219. The van der Waals surface area contributed by atoms with Gasteiger partial charge in [0, 0.05) is 6.04 Å². The molecule has 0 atom stereocenters. The van der Waals surface area contributed by atoms with Gasteiger partial charge in [-0.3, -0.25) is 9.59 Å². The lowest BCUT2D eigenvalue weighted by Gasteiger charge is -2.38. The van der Waals surface area contributed by atoms with Gasteiger partial charge in [-0.05, 0) is 26.7 Å². The Hall–Kier alpha value is -1.10. The number of esters is 1.